The summed E-state index contributed by atoms with van der Waals surface area (Å²) in [6.45, 7) is 4.86. The van der Waals surface area contributed by atoms with Crippen molar-refractivity contribution in [3.8, 4) is 0 Å². The van der Waals surface area contributed by atoms with E-state index < -0.39 is 20.0 Å². The zero-order valence-corrected chi connectivity index (χ0v) is 40.2. The Labute approximate surface area is 361 Å². The highest BCUT2D eigenvalue weighted by Crippen LogP contribution is 2.43. The molecule has 0 rings (SSSR count). The van der Waals surface area contributed by atoms with Crippen molar-refractivity contribution in [1.82, 2.24) is 5.32 Å². The van der Waals surface area contributed by atoms with Crippen LogP contribution in [0.1, 0.15) is 245 Å². The third-order valence-electron chi connectivity index (χ3n) is 11.5. The Morgan fingerprint density at radius 3 is 1.38 bits per heavy atom. The van der Waals surface area contributed by atoms with Crippen LogP contribution in [0.4, 0.5) is 0 Å². The van der Waals surface area contributed by atoms with Gasteiger partial charge in [0.15, 0.2) is 0 Å². The SMILES string of the molecule is CCCC/C=C\CCCCCCCC(=O)NC(COP(=O)(O)OCC[N+](C)(C)C)C(O)CCCCCCCCCCCCCCCCCCCCCCCCCCC. The van der Waals surface area contributed by atoms with E-state index in [4.69, 9.17) is 9.05 Å². The molecule has 3 unspecified atom stereocenters. The van der Waals surface area contributed by atoms with Gasteiger partial charge in [0.05, 0.1) is 39.9 Å². The highest BCUT2D eigenvalue weighted by atomic mass is 31.2. The summed E-state index contributed by atoms with van der Waals surface area (Å²) in [7, 11) is 1.62. The molecule has 0 aromatic heterocycles. The minimum Gasteiger partial charge on any atom is -0.391 e. The zero-order chi connectivity index (χ0) is 42.8. The summed E-state index contributed by atoms with van der Waals surface area (Å²) in [4.78, 5) is 23.1. The van der Waals surface area contributed by atoms with Crippen molar-refractivity contribution >= 4 is 13.7 Å². The molecule has 0 aromatic rings. The second-order valence-corrected chi connectivity index (χ2v) is 20.0. The number of phosphoric ester groups is 1. The Hall–Kier alpha value is -0.760. The number of hydrogen-bond acceptors (Lipinski definition) is 5. The number of aliphatic hydroxyl groups excluding tert-OH is 1. The standard InChI is InChI=1S/C49H99N2O6P/c1-6-8-10-12-14-16-18-19-20-21-22-23-24-25-26-27-28-29-30-31-33-34-36-38-40-42-48(52)47(46-57-58(54,55)56-45-44-51(3,4)5)50-49(53)43-41-39-37-35-32-17-15-13-11-9-7-2/h13,15,47-48,52H,6-12,14,16-46H2,1-5H3,(H-,50,53,54,55)/p+1/b15-13-. The normalized spacial score (nSPS) is 14.3. The number of quaternary nitrogens is 1. The van der Waals surface area contributed by atoms with Gasteiger partial charge in [-0.3, -0.25) is 13.8 Å². The van der Waals surface area contributed by atoms with Gasteiger partial charge < -0.3 is 19.8 Å². The van der Waals surface area contributed by atoms with E-state index >= 15 is 0 Å². The average molecular weight is 844 g/mol. The molecule has 1 amide bonds. The summed E-state index contributed by atoms with van der Waals surface area (Å²) < 4.78 is 23.6. The van der Waals surface area contributed by atoms with Crippen molar-refractivity contribution in [2.45, 2.75) is 257 Å². The lowest BCUT2D eigenvalue weighted by atomic mass is 10.0. The van der Waals surface area contributed by atoms with Gasteiger partial charge >= 0.3 is 7.82 Å². The fraction of sp³-hybridized carbons (Fsp3) is 0.939. The lowest BCUT2D eigenvalue weighted by Crippen LogP contribution is -2.46. The van der Waals surface area contributed by atoms with Crippen LogP contribution in [-0.4, -0.2) is 73.4 Å². The third kappa shape index (κ3) is 43.3. The molecule has 0 bridgehead atoms. The molecule has 0 saturated heterocycles. The van der Waals surface area contributed by atoms with Gasteiger partial charge in [0, 0.05) is 6.42 Å². The first-order chi connectivity index (χ1) is 28.0. The van der Waals surface area contributed by atoms with E-state index in [0.29, 0.717) is 23.9 Å². The first-order valence-electron chi connectivity index (χ1n) is 25.1. The summed E-state index contributed by atoms with van der Waals surface area (Å²) in [6, 6.07) is -0.760. The number of nitrogens with one attached hydrogen (secondary N) is 1. The lowest BCUT2D eigenvalue weighted by molar-refractivity contribution is -0.870. The van der Waals surface area contributed by atoms with Gasteiger partial charge in [0.2, 0.25) is 5.91 Å². The van der Waals surface area contributed by atoms with Crippen LogP contribution in [0.3, 0.4) is 0 Å². The first-order valence-corrected chi connectivity index (χ1v) is 26.5. The second kappa shape index (κ2) is 41.6. The van der Waals surface area contributed by atoms with Crippen LogP contribution in [-0.2, 0) is 18.4 Å². The Kier molecular flexibility index (Phi) is 41.0. The molecule has 3 N–H and O–H groups in total. The number of nitrogens with zero attached hydrogens (tertiary/aromatic N) is 1. The topological polar surface area (TPSA) is 105 Å². The Bertz CT molecular complexity index is 958. The van der Waals surface area contributed by atoms with Gasteiger partial charge in [-0.15, -0.1) is 0 Å². The summed E-state index contributed by atoms with van der Waals surface area (Å²) >= 11 is 0. The molecule has 0 saturated carbocycles. The van der Waals surface area contributed by atoms with Crippen molar-refractivity contribution in [2.75, 3.05) is 40.9 Å². The second-order valence-electron chi connectivity index (χ2n) is 18.5. The number of carbonyl (C=O) groups is 1. The van der Waals surface area contributed by atoms with E-state index in [1.807, 2.05) is 21.1 Å². The highest BCUT2D eigenvalue weighted by Gasteiger charge is 2.28. The molecule has 3 atom stereocenters. The van der Waals surface area contributed by atoms with Crippen LogP contribution < -0.4 is 5.32 Å². The molecule has 0 aliphatic rings. The summed E-state index contributed by atoms with van der Waals surface area (Å²) in [5.74, 6) is -0.153. The number of rotatable bonds is 46. The lowest BCUT2D eigenvalue weighted by Gasteiger charge is -2.26. The fourth-order valence-electron chi connectivity index (χ4n) is 7.50. The fourth-order valence-corrected chi connectivity index (χ4v) is 8.24. The number of amides is 1. The molecule has 0 aromatic carbocycles. The molecule has 0 heterocycles. The van der Waals surface area contributed by atoms with Crippen LogP contribution in [0.15, 0.2) is 12.2 Å². The van der Waals surface area contributed by atoms with Crippen molar-refractivity contribution in [3.05, 3.63) is 12.2 Å². The van der Waals surface area contributed by atoms with Crippen molar-refractivity contribution in [1.29, 1.82) is 0 Å². The summed E-state index contributed by atoms with van der Waals surface area (Å²) in [5, 5.41) is 14.0. The molecule has 0 aliphatic heterocycles. The Morgan fingerprint density at radius 2 is 0.948 bits per heavy atom. The number of carbonyl (C=O) groups excluding carboxylic acids is 1. The Morgan fingerprint density at radius 1 is 0.569 bits per heavy atom. The third-order valence-corrected chi connectivity index (χ3v) is 12.5. The van der Waals surface area contributed by atoms with Gasteiger partial charge in [-0.05, 0) is 32.1 Å². The number of allylic oxidation sites excluding steroid dienone is 2. The molecular formula is C49H100N2O6P+. The van der Waals surface area contributed by atoms with Crippen molar-refractivity contribution in [2.24, 2.45) is 0 Å². The van der Waals surface area contributed by atoms with Crippen molar-refractivity contribution in [3.63, 3.8) is 0 Å². The summed E-state index contributed by atoms with van der Waals surface area (Å²) in [6.07, 6.45) is 48.3. The number of phosphoric acid groups is 1. The largest absolute Gasteiger partial charge is 0.472 e. The molecule has 58 heavy (non-hydrogen) atoms. The van der Waals surface area contributed by atoms with Gasteiger partial charge in [0.1, 0.15) is 13.2 Å². The first kappa shape index (κ1) is 57.2. The number of likely N-dealkylation sites (N-methyl/N-ethyl adjacent to an activating group) is 1. The molecule has 346 valence electrons. The molecule has 0 spiro atoms. The molecular weight excluding hydrogens is 744 g/mol. The predicted octanol–water partition coefficient (Wildman–Crippen LogP) is 14.3. The van der Waals surface area contributed by atoms with E-state index in [1.165, 1.54) is 167 Å². The van der Waals surface area contributed by atoms with Gasteiger partial charge in [-0.25, -0.2) is 4.57 Å². The van der Waals surface area contributed by atoms with Gasteiger partial charge in [0.25, 0.3) is 0 Å². The molecule has 8 nitrogen and oxygen atoms in total. The van der Waals surface area contributed by atoms with Gasteiger partial charge in [-0.1, -0.05) is 219 Å². The maximum atomic E-state index is 12.9. The zero-order valence-electron chi connectivity index (χ0n) is 39.3. The van der Waals surface area contributed by atoms with E-state index in [9.17, 15) is 19.4 Å². The molecule has 0 radical (unpaired) electrons. The summed E-state index contributed by atoms with van der Waals surface area (Å²) in [5.41, 5.74) is 0. The smallest absolute Gasteiger partial charge is 0.391 e. The monoisotopic (exact) mass is 844 g/mol. The number of unbranched alkanes of at least 4 members (excludes halogenated alkanes) is 31. The maximum Gasteiger partial charge on any atom is 0.472 e. The molecule has 0 fully saturated rings. The van der Waals surface area contributed by atoms with Crippen molar-refractivity contribution < 1.29 is 32.9 Å². The van der Waals surface area contributed by atoms with Crippen LogP contribution in [0.25, 0.3) is 0 Å². The van der Waals surface area contributed by atoms with Crippen LogP contribution in [0, 0.1) is 0 Å². The average Bonchev–Trinajstić information content (AvgIpc) is 3.17. The van der Waals surface area contributed by atoms with Crippen LogP contribution in [0.2, 0.25) is 0 Å². The minimum absolute atomic E-state index is 0.0750. The van der Waals surface area contributed by atoms with Crippen LogP contribution >= 0.6 is 7.82 Å². The Balaban J connectivity index is 4.12. The van der Waals surface area contributed by atoms with E-state index in [1.54, 1.807) is 0 Å². The van der Waals surface area contributed by atoms with Gasteiger partial charge in [-0.2, -0.15) is 0 Å². The van der Waals surface area contributed by atoms with E-state index in [-0.39, 0.29) is 19.1 Å². The maximum absolute atomic E-state index is 12.9. The highest BCUT2D eigenvalue weighted by molar-refractivity contribution is 7.47. The minimum atomic E-state index is -4.31. The van der Waals surface area contributed by atoms with E-state index in [2.05, 4.69) is 31.3 Å². The van der Waals surface area contributed by atoms with Crippen LogP contribution in [0.5, 0.6) is 0 Å². The molecule has 9 heteroatoms. The number of hydrogen-bond donors (Lipinski definition) is 3. The molecule has 0 aliphatic carbocycles. The predicted molar refractivity (Wildman–Crippen MR) is 249 cm³/mol. The van der Waals surface area contributed by atoms with E-state index in [0.717, 1.165) is 51.4 Å². The quantitative estimate of drug-likeness (QED) is 0.0244. The number of aliphatic hydroxyl groups is 1.